The quantitative estimate of drug-likeness (QED) is 0.255. The van der Waals surface area contributed by atoms with Gasteiger partial charge in [-0.05, 0) is 55.0 Å². The minimum atomic E-state index is -1.14. The van der Waals surface area contributed by atoms with E-state index in [1.807, 2.05) is 48.5 Å². The van der Waals surface area contributed by atoms with Gasteiger partial charge in [0.2, 0.25) is 5.91 Å². The van der Waals surface area contributed by atoms with Crippen LogP contribution >= 0.6 is 0 Å². The van der Waals surface area contributed by atoms with Gasteiger partial charge >= 0.3 is 5.97 Å². The van der Waals surface area contributed by atoms with Gasteiger partial charge in [-0.15, -0.1) is 13.2 Å². The van der Waals surface area contributed by atoms with Gasteiger partial charge in [0.1, 0.15) is 11.6 Å². The van der Waals surface area contributed by atoms with Gasteiger partial charge in [0.05, 0.1) is 31.2 Å². The normalized spacial score (nSPS) is 27.0. The summed E-state index contributed by atoms with van der Waals surface area (Å²) >= 11 is 0. The molecule has 0 aliphatic carbocycles. The number of carbonyl (C=O) groups excluding carboxylic acids is 3. The maximum absolute atomic E-state index is 14.4. The highest BCUT2D eigenvalue weighted by Gasteiger charge is 2.75. The molecule has 0 radical (unpaired) electrons. The van der Waals surface area contributed by atoms with E-state index in [-0.39, 0.29) is 38.1 Å². The van der Waals surface area contributed by atoms with Gasteiger partial charge in [-0.1, -0.05) is 42.5 Å². The van der Waals surface area contributed by atoms with Crippen molar-refractivity contribution in [2.75, 3.05) is 31.2 Å². The second kappa shape index (κ2) is 11.3. The summed E-state index contributed by atoms with van der Waals surface area (Å²) < 4.78 is 12.0. The number of fused-ring (bicyclic) bond motifs is 2. The molecule has 1 spiro atoms. The maximum atomic E-state index is 14.4. The van der Waals surface area contributed by atoms with Crippen molar-refractivity contribution < 1.29 is 29.0 Å². The molecule has 8 nitrogen and oxygen atoms in total. The molecule has 0 aromatic heterocycles. The zero-order valence-electron chi connectivity index (χ0n) is 22.2. The molecule has 2 amide bonds. The summed E-state index contributed by atoms with van der Waals surface area (Å²) in [7, 11) is 0. The Bertz CT molecular complexity index is 1280. The summed E-state index contributed by atoms with van der Waals surface area (Å²) in [6.07, 6.45) is 6.46. The molecule has 1 N–H and O–H groups in total. The molecule has 2 aromatic carbocycles. The number of anilines is 1. The number of allylic oxidation sites excluding steroid dienone is 1. The van der Waals surface area contributed by atoms with Crippen LogP contribution in [0.4, 0.5) is 5.69 Å². The van der Waals surface area contributed by atoms with Crippen molar-refractivity contribution in [3.05, 3.63) is 67.8 Å². The third kappa shape index (κ3) is 4.66. The smallest absolute Gasteiger partial charge is 0.312 e. The SMILES string of the molecule is C=CCCCCOC(=O)[C@@H]1[C@H]2C(=O)N(CCO)C(C(=O)N(CC=C)c3ccc4ccccc4c3)C23CC[C@H]1O3. The molecule has 3 heterocycles. The minimum Gasteiger partial charge on any atom is -0.465 e. The molecule has 2 unspecified atom stereocenters. The van der Waals surface area contributed by atoms with Crippen LogP contribution in [0.25, 0.3) is 10.8 Å². The fourth-order valence-corrected chi connectivity index (χ4v) is 6.65. The second-order valence-corrected chi connectivity index (χ2v) is 10.5. The van der Waals surface area contributed by atoms with Crippen LogP contribution in [0, 0.1) is 11.8 Å². The number of rotatable bonds is 12. The first-order chi connectivity index (χ1) is 19.0. The first kappa shape index (κ1) is 27.1. The van der Waals surface area contributed by atoms with E-state index in [0.717, 1.165) is 23.6 Å². The molecule has 3 aliphatic heterocycles. The number of ether oxygens (including phenoxy) is 2. The van der Waals surface area contributed by atoms with Gasteiger partial charge < -0.3 is 24.4 Å². The van der Waals surface area contributed by atoms with Gasteiger partial charge in [-0.25, -0.2) is 0 Å². The molecular weight excluding hydrogens is 496 g/mol. The number of benzene rings is 2. The third-order valence-corrected chi connectivity index (χ3v) is 8.32. The Morgan fingerprint density at radius 3 is 2.69 bits per heavy atom. The van der Waals surface area contributed by atoms with Crippen molar-refractivity contribution in [3.8, 4) is 0 Å². The highest BCUT2D eigenvalue weighted by molar-refractivity contribution is 6.05. The van der Waals surface area contributed by atoms with Gasteiger partial charge in [0.25, 0.3) is 5.91 Å². The van der Waals surface area contributed by atoms with Crippen molar-refractivity contribution in [1.82, 2.24) is 4.90 Å². The van der Waals surface area contributed by atoms with E-state index < -0.39 is 35.6 Å². The molecule has 5 atom stereocenters. The highest BCUT2D eigenvalue weighted by Crippen LogP contribution is 2.58. The number of esters is 1. The first-order valence-corrected chi connectivity index (χ1v) is 13.7. The monoisotopic (exact) mass is 532 g/mol. The lowest BCUT2D eigenvalue weighted by molar-refractivity contribution is -0.155. The Hall–Kier alpha value is -3.49. The summed E-state index contributed by atoms with van der Waals surface area (Å²) in [5, 5.41) is 11.9. The van der Waals surface area contributed by atoms with Gasteiger partial charge in [0, 0.05) is 18.8 Å². The fraction of sp³-hybridized carbons (Fsp3) is 0.452. The number of aliphatic hydroxyl groups is 1. The standard InChI is InChI=1S/C31H36N2O6/c1-3-5-6-9-19-38-30(37)25-24-14-15-31(39-24)26(25)28(35)33(17-18-34)27(31)29(36)32(16-4-2)23-13-12-21-10-7-8-11-22(21)20-23/h3-4,7-8,10-13,20,24-27,34H,1-2,5-6,9,14-19H2/t24-,25+,26+,27?,31?/m1/s1. The summed E-state index contributed by atoms with van der Waals surface area (Å²) in [4.78, 5) is 44.4. The average molecular weight is 533 g/mol. The number of nitrogens with zero attached hydrogens (tertiary/aromatic N) is 2. The number of likely N-dealkylation sites (tertiary alicyclic amines) is 1. The Kier molecular flexibility index (Phi) is 7.86. The van der Waals surface area contributed by atoms with Crippen LogP contribution in [0.15, 0.2) is 67.8 Å². The van der Waals surface area contributed by atoms with Crippen LogP contribution in [0.3, 0.4) is 0 Å². The van der Waals surface area contributed by atoms with Crippen LogP contribution in [0.2, 0.25) is 0 Å². The largest absolute Gasteiger partial charge is 0.465 e. The van der Waals surface area contributed by atoms with E-state index in [4.69, 9.17) is 9.47 Å². The number of amides is 2. The Morgan fingerprint density at radius 2 is 1.95 bits per heavy atom. The molecule has 8 heteroatoms. The zero-order chi connectivity index (χ0) is 27.6. The van der Waals surface area contributed by atoms with Crippen molar-refractivity contribution in [3.63, 3.8) is 0 Å². The molecule has 2 bridgehead atoms. The van der Waals surface area contributed by atoms with E-state index in [1.54, 1.807) is 11.0 Å². The van der Waals surface area contributed by atoms with Crippen LogP contribution in [0.5, 0.6) is 0 Å². The predicted molar refractivity (Wildman–Crippen MR) is 148 cm³/mol. The molecule has 3 aliphatic rings. The Labute approximate surface area is 228 Å². The lowest BCUT2D eigenvalue weighted by atomic mass is 9.70. The van der Waals surface area contributed by atoms with Gasteiger partial charge in [-0.3, -0.25) is 14.4 Å². The third-order valence-electron chi connectivity index (χ3n) is 8.32. The van der Waals surface area contributed by atoms with E-state index in [2.05, 4.69) is 13.2 Å². The summed E-state index contributed by atoms with van der Waals surface area (Å²) in [5.74, 6) is -2.69. The molecule has 3 saturated heterocycles. The summed E-state index contributed by atoms with van der Waals surface area (Å²) in [6.45, 7) is 7.72. The van der Waals surface area contributed by atoms with Crippen LogP contribution in [0.1, 0.15) is 32.1 Å². The number of carbonyl (C=O) groups is 3. The second-order valence-electron chi connectivity index (χ2n) is 10.5. The summed E-state index contributed by atoms with van der Waals surface area (Å²) in [6, 6.07) is 12.7. The molecule has 206 valence electrons. The molecular formula is C31H36N2O6. The maximum Gasteiger partial charge on any atom is 0.312 e. The number of unbranched alkanes of at least 4 members (excludes halogenated alkanes) is 2. The van der Waals surface area contributed by atoms with Gasteiger partial charge in [-0.2, -0.15) is 0 Å². The fourth-order valence-electron chi connectivity index (χ4n) is 6.65. The molecule has 2 aromatic rings. The zero-order valence-corrected chi connectivity index (χ0v) is 22.2. The van der Waals surface area contributed by atoms with E-state index in [1.165, 1.54) is 4.90 Å². The van der Waals surface area contributed by atoms with E-state index in [9.17, 15) is 19.5 Å². The van der Waals surface area contributed by atoms with Crippen LogP contribution in [-0.2, 0) is 23.9 Å². The molecule has 39 heavy (non-hydrogen) atoms. The molecule has 0 saturated carbocycles. The molecule has 5 rings (SSSR count). The minimum absolute atomic E-state index is 0.0233. The Morgan fingerprint density at radius 1 is 1.15 bits per heavy atom. The number of aliphatic hydroxyl groups excluding tert-OH is 1. The van der Waals surface area contributed by atoms with E-state index >= 15 is 0 Å². The van der Waals surface area contributed by atoms with Crippen molar-refractivity contribution in [1.29, 1.82) is 0 Å². The lowest BCUT2D eigenvalue weighted by Gasteiger charge is -2.36. The first-order valence-electron chi connectivity index (χ1n) is 13.7. The van der Waals surface area contributed by atoms with Crippen LogP contribution in [-0.4, -0.2) is 71.8 Å². The van der Waals surface area contributed by atoms with Gasteiger partial charge in [0.15, 0.2) is 0 Å². The van der Waals surface area contributed by atoms with Crippen LogP contribution < -0.4 is 4.90 Å². The van der Waals surface area contributed by atoms with Crippen molar-refractivity contribution in [2.45, 2.75) is 49.9 Å². The topological polar surface area (TPSA) is 96.4 Å². The highest BCUT2D eigenvalue weighted by atomic mass is 16.6. The van der Waals surface area contributed by atoms with E-state index in [0.29, 0.717) is 24.9 Å². The predicted octanol–water partition coefficient (Wildman–Crippen LogP) is 3.63. The lowest BCUT2D eigenvalue weighted by Crippen LogP contribution is -2.56. The van der Waals surface area contributed by atoms with Crippen molar-refractivity contribution in [2.24, 2.45) is 11.8 Å². The average Bonchev–Trinajstić information content (AvgIpc) is 3.59. The Balaban J connectivity index is 1.46. The number of hydrogen-bond acceptors (Lipinski definition) is 6. The summed E-state index contributed by atoms with van der Waals surface area (Å²) in [5.41, 5.74) is -0.463. The van der Waals surface area contributed by atoms with Crippen molar-refractivity contribution >= 4 is 34.2 Å². The number of β-amino-alcohol motifs (C(OH)–C–C–N with tert-alkyl or cyclic N) is 1. The number of hydrogen-bond donors (Lipinski definition) is 1. The molecule has 3 fully saturated rings.